The summed E-state index contributed by atoms with van der Waals surface area (Å²) in [5, 5.41) is 11.5. The van der Waals surface area contributed by atoms with E-state index in [0.717, 1.165) is 22.7 Å². The molecule has 1 atom stereocenters. The van der Waals surface area contributed by atoms with Crippen molar-refractivity contribution in [2.75, 3.05) is 7.11 Å². The van der Waals surface area contributed by atoms with Crippen molar-refractivity contribution < 1.29 is 9.53 Å². The smallest absolute Gasteiger partial charge is 0.272 e. The second kappa shape index (κ2) is 6.80. The summed E-state index contributed by atoms with van der Waals surface area (Å²) in [5.74, 6) is 0.559. The van der Waals surface area contributed by atoms with Gasteiger partial charge >= 0.3 is 0 Å². The Labute approximate surface area is 146 Å². The molecule has 0 spiro atoms. The molecule has 1 N–H and O–H groups in total. The van der Waals surface area contributed by atoms with Crippen LogP contribution >= 0.6 is 0 Å². The van der Waals surface area contributed by atoms with Gasteiger partial charge in [0.15, 0.2) is 5.69 Å². The fraction of sp³-hybridized carbons (Fsp3) is 0.278. The van der Waals surface area contributed by atoms with Gasteiger partial charge in [0.25, 0.3) is 5.91 Å². The fourth-order valence-corrected chi connectivity index (χ4v) is 2.59. The van der Waals surface area contributed by atoms with Gasteiger partial charge in [0, 0.05) is 24.5 Å². The number of carbonyl (C=O) groups excluding carboxylic acids is 1. The Bertz CT molecular complexity index is 879. The standard InChI is InChI=1S/C18H21N5O2/c1-12-9-17(18(24)20-13(2)14-10-19-22(3)11-14)21-23(12)15-5-7-16(25-4)8-6-15/h5-11,13H,1-4H3,(H,20,24)/t13-/m1/s1. The Morgan fingerprint density at radius 3 is 2.60 bits per heavy atom. The predicted molar refractivity (Wildman–Crippen MR) is 93.9 cm³/mol. The first-order valence-electron chi connectivity index (χ1n) is 7.98. The van der Waals surface area contributed by atoms with Crippen molar-refractivity contribution in [3.63, 3.8) is 0 Å². The molecule has 0 saturated carbocycles. The maximum atomic E-state index is 12.5. The Morgan fingerprint density at radius 2 is 2.00 bits per heavy atom. The number of nitrogens with zero attached hydrogens (tertiary/aromatic N) is 4. The van der Waals surface area contributed by atoms with Crippen molar-refractivity contribution in [2.45, 2.75) is 19.9 Å². The lowest BCUT2D eigenvalue weighted by molar-refractivity contribution is 0.0934. The maximum Gasteiger partial charge on any atom is 0.272 e. The molecule has 0 aliphatic heterocycles. The molecule has 2 heterocycles. The van der Waals surface area contributed by atoms with Crippen molar-refractivity contribution in [1.82, 2.24) is 24.9 Å². The van der Waals surface area contributed by atoms with Gasteiger partial charge < -0.3 is 10.1 Å². The van der Waals surface area contributed by atoms with Gasteiger partial charge in [-0.25, -0.2) is 4.68 Å². The minimum absolute atomic E-state index is 0.146. The van der Waals surface area contributed by atoms with Gasteiger partial charge in [-0.05, 0) is 44.2 Å². The molecule has 0 bridgehead atoms. The lowest BCUT2D eigenvalue weighted by Crippen LogP contribution is -2.27. The van der Waals surface area contributed by atoms with Crippen LogP contribution in [0.15, 0.2) is 42.7 Å². The summed E-state index contributed by atoms with van der Waals surface area (Å²) in [7, 11) is 3.47. The number of benzene rings is 1. The summed E-state index contributed by atoms with van der Waals surface area (Å²) in [6, 6.07) is 9.15. The molecule has 2 aromatic heterocycles. The van der Waals surface area contributed by atoms with Crippen LogP contribution in [-0.2, 0) is 7.05 Å². The van der Waals surface area contributed by atoms with E-state index >= 15 is 0 Å². The van der Waals surface area contributed by atoms with Gasteiger partial charge in [0.1, 0.15) is 5.75 Å². The van der Waals surface area contributed by atoms with E-state index in [1.54, 1.807) is 28.7 Å². The first-order valence-corrected chi connectivity index (χ1v) is 7.98. The van der Waals surface area contributed by atoms with Crippen molar-refractivity contribution in [3.05, 3.63) is 59.7 Å². The zero-order valence-corrected chi connectivity index (χ0v) is 14.7. The lowest BCUT2D eigenvalue weighted by atomic mass is 10.2. The van der Waals surface area contributed by atoms with Crippen LogP contribution in [0, 0.1) is 6.92 Å². The minimum atomic E-state index is -0.216. The van der Waals surface area contributed by atoms with Crippen LogP contribution in [0.2, 0.25) is 0 Å². The van der Waals surface area contributed by atoms with Gasteiger partial charge in [-0.15, -0.1) is 0 Å². The SMILES string of the molecule is COc1ccc(-n2nc(C(=O)N[C@H](C)c3cnn(C)c3)cc2C)cc1. The molecule has 0 aliphatic rings. The Morgan fingerprint density at radius 1 is 1.28 bits per heavy atom. The molecular formula is C18H21N5O2. The zero-order valence-electron chi connectivity index (χ0n) is 14.7. The van der Waals surface area contributed by atoms with Crippen molar-refractivity contribution >= 4 is 5.91 Å². The van der Waals surface area contributed by atoms with Gasteiger partial charge in [-0.2, -0.15) is 10.2 Å². The number of hydrogen-bond donors (Lipinski definition) is 1. The number of carbonyl (C=O) groups is 1. The summed E-state index contributed by atoms with van der Waals surface area (Å²) in [5.41, 5.74) is 3.08. The molecule has 0 saturated heterocycles. The van der Waals surface area contributed by atoms with Crippen LogP contribution in [0.5, 0.6) is 5.75 Å². The average Bonchev–Trinajstić information content (AvgIpc) is 3.21. The molecule has 0 aliphatic carbocycles. The quantitative estimate of drug-likeness (QED) is 0.775. The Hall–Kier alpha value is -3.09. The van der Waals surface area contributed by atoms with Gasteiger partial charge in [-0.3, -0.25) is 9.48 Å². The highest BCUT2D eigenvalue weighted by molar-refractivity contribution is 5.92. The Balaban J connectivity index is 1.77. The Kier molecular flexibility index (Phi) is 4.56. The summed E-state index contributed by atoms with van der Waals surface area (Å²) >= 11 is 0. The number of hydrogen-bond acceptors (Lipinski definition) is 4. The number of aromatic nitrogens is 4. The lowest BCUT2D eigenvalue weighted by Gasteiger charge is -2.10. The van der Waals surface area contributed by atoms with Crippen LogP contribution in [0.1, 0.15) is 34.7 Å². The van der Waals surface area contributed by atoms with Gasteiger partial charge in [0.2, 0.25) is 0 Å². The molecule has 7 heteroatoms. The van der Waals surface area contributed by atoms with E-state index in [4.69, 9.17) is 4.74 Å². The summed E-state index contributed by atoms with van der Waals surface area (Å²) in [6.07, 6.45) is 3.62. The molecule has 130 valence electrons. The monoisotopic (exact) mass is 339 g/mol. The first kappa shape index (κ1) is 16.8. The van der Waals surface area contributed by atoms with E-state index in [-0.39, 0.29) is 11.9 Å². The van der Waals surface area contributed by atoms with E-state index in [0.29, 0.717) is 5.69 Å². The van der Waals surface area contributed by atoms with Gasteiger partial charge in [0.05, 0.1) is 25.0 Å². The second-order valence-electron chi connectivity index (χ2n) is 5.92. The molecule has 0 fully saturated rings. The van der Waals surface area contributed by atoms with Crippen LogP contribution in [0.3, 0.4) is 0 Å². The van der Waals surface area contributed by atoms with Crippen molar-refractivity contribution in [3.8, 4) is 11.4 Å². The number of amides is 1. The van der Waals surface area contributed by atoms with E-state index < -0.39 is 0 Å². The van der Waals surface area contributed by atoms with E-state index in [1.165, 1.54) is 0 Å². The maximum absolute atomic E-state index is 12.5. The van der Waals surface area contributed by atoms with Gasteiger partial charge in [-0.1, -0.05) is 0 Å². The predicted octanol–water partition coefficient (Wildman–Crippen LogP) is 2.41. The highest BCUT2D eigenvalue weighted by atomic mass is 16.5. The molecule has 3 rings (SSSR count). The van der Waals surface area contributed by atoms with E-state index in [9.17, 15) is 4.79 Å². The molecule has 1 amide bonds. The molecular weight excluding hydrogens is 318 g/mol. The second-order valence-corrected chi connectivity index (χ2v) is 5.92. The third-order valence-corrected chi connectivity index (χ3v) is 4.01. The van der Waals surface area contributed by atoms with E-state index in [2.05, 4.69) is 15.5 Å². The molecule has 7 nitrogen and oxygen atoms in total. The number of methoxy groups -OCH3 is 1. The fourth-order valence-electron chi connectivity index (χ4n) is 2.59. The van der Waals surface area contributed by atoms with Crippen molar-refractivity contribution in [2.24, 2.45) is 7.05 Å². The minimum Gasteiger partial charge on any atom is -0.497 e. The van der Waals surface area contributed by atoms with Crippen LogP contribution in [0.25, 0.3) is 5.69 Å². The third-order valence-electron chi connectivity index (χ3n) is 4.01. The summed E-state index contributed by atoms with van der Waals surface area (Å²) in [4.78, 5) is 12.5. The van der Waals surface area contributed by atoms with Crippen LogP contribution in [-0.4, -0.2) is 32.6 Å². The summed E-state index contributed by atoms with van der Waals surface area (Å²) in [6.45, 7) is 3.83. The number of aryl methyl sites for hydroxylation is 2. The molecule has 0 radical (unpaired) electrons. The largest absolute Gasteiger partial charge is 0.497 e. The van der Waals surface area contributed by atoms with E-state index in [1.807, 2.05) is 51.4 Å². The highest BCUT2D eigenvalue weighted by Crippen LogP contribution is 2.17. The third kappa shape index (κ3) is 3.55. The molecule has 1 aromatic carbocycles. The highest BCUT2D eigenvalue weighted by Gasteiger charge is 2.17. The first-order chi connectivity index (χ1) is 12.0. The zero-order chi connectivity index (χ0) is 18.0. The number of nitrogens with one attached hydrogen (secondary N) is 1. The number of ether oxygens (including phenoxy) is 1. The molecule has 25 heavy (non-hydrogen) atoms. The molecule has 0 unspecified atom stereocenters. The van der Waals surface area contributed by atoms with Crippen LogP contribution in [0.4, 0.5) is 0 Å². The van der Waals surface area contributed by atoms with Crippen molar-refractivity contribution in [1.29, 1.82) is 0 Å². The van der Waals surface area contributed by atoms with Crippen LogP contribution < -0.4 is 10.1 Å². The topological polar surface area (TPSA) is 74.0 Å². The average molecular weight is 339 g/mol. The number of rotatable bonds is 5. The summed E-state index contributed by atoms with van der Waals surface area (Å²) < 4.78 is 8.61. The molecule has 3 aromatic rings. The normalized spacial score (nSPS) is 12.0.